The molecule has 0 saturated carbocycles. The summed E-state index contributed by atoms with van der Waals surface area (Å²) in [5.74, 6) is 2.45. The lowest BCUT2D eigenvalue weighted by Gasteiger charge is -2.10. The Morgan fingerprint density at radius 3 is 2.52 bits per heavy atom. The number of hydrogen-bond acceptors (Lipinski definition) is 5. The summed E-state index contributed by atoms with van der Waals surface area (Å²) in [6.45, 7) is 1.86. The van der Waals surface area contributed by atoms with E-state index >= 15 is 0 Å². The van der Waals surface area contributed by atoms with E-state index in [-0.39, 0.29) is 6.10 Å². The Morgan fingerprint density at radius 1 is 1.09 bits per heavy atom. The first-order valence-corrected chi connectivity index (χ1v) is 7.85. The van der Waals surface area contributed by atoms with E-state index in [0.29, 0.717) is 17.5 Å². The van der Waals surface area contributed by atoms with Crippen LogP contribution in [0.25, 0.3) is 11.4 Å². The second-order valence-corrected chi connectivity index (χ2v) is 5.82. The summed E-state index contributed by atoms with van der Waals surface area (Å²) in [6, 6.07) is 15.1. The van der Waals surface area contributed by atoms with Gasteiger partial charge in [-0.05, 0) is 43.3 Å². The maximum atomic E-state index is 5.81. The smallest absolute Gasteiger partial charge is 0.267 e. The SMILES string of the molecule is COc1ccc(O[C@@H](C)c2nc(-c3cccc(Br)c3)no2)cc1. The van der Waals surface area contributed by atoms with Crippen LogP contribution in [0, 0.1) is 0 Å². The summed E-state index contributed by atoms with van der Waals surface area (Å²) in [7, 11) is 1.63. The number of methoxy groups -OCH3 is 1. The first kappa shape index (κ1) is 15.6. The van der Waals surface area contributed by atoms with Gasteiger partial charge in [0.15, 0.2) is 6.10 Å². The molecule has 0 amide bonds. The van der Waals surface area contributed by atoms with E-state index in [1.165, 1.54) is 0 Å². The zero-order chi connectivity index (χ0) is 16.2. The third kappa shape index (κ3) is 3.71. The maximum Gasteiger partial charge on any atom is 0.267 e. The Hall–Kier alpha value is -2.34. The number of aromatic nitrogens is 2. The van der Waals surface area contributed by atoms with E-state index in [1.54, 1.807) is 7.11 Å². The maximum absolute atomic E-state index is 5.81. The van der Waals surface area contributed by atoms with Crippen molar-refractivity contribution in [1.82, 2.24) is 10.1 Å². The Kier molecular flexibility index (Phi) is 4.62. The molecule has 0 saturated heterocycles. The van der Waals surface area contributed by atoms with Crippen LogP contribution < -0.4 is 9.47 Å². The highest BCUT2D eigenvalue weighted by Crippen LogP contribution is 2.25. The standard InChI is InChI=1S/C17H15BrN2O3/c1-11(22-15-8-6-14(21-2)7-9-15)17-19-16(20-23-17)12-4-3-5-13(18)10-12/h3-11H,1-2H3/t11-/m0/s1. The fourth-order valence-corrected chi connectivity index (χ4v) is 2.45. The van der Waals surface area contributed by atoms with Crippen molar-refractivity contribution in [3.8, 4) is 22.9 Å². The molecular formula is C17H15BrN2O3. The van der Waals surface area contributed by atoms with Crippen LogP contribution in [0.5, 0.6) is 11.5 Å². The monoisotopic (exact) mass is 374 g/mol. The molecule has 1 atom stereocenters. The Labute approximate surface area is 142 Å². The molecule has 0 aliphatic carbocycles. The Bertz CT molecular complexity index is 787. The molecule has 0 bridgehead atoms. The number of benzene rings is 2. The fraction of sp³-hybridized carbons (Fsp3) is 0.176. The van der Waals surface area contributed by atoms with Crippen LogP contribution in [0.2, 0.25) is 0 Å². The first-order valence-electron chi connectivity index (χ1n) is 7.06. The topological polar surface area (TPSA) is 57.4 Å². The van der Waals surface area contributed by atoms with Crippen LogP contribution >= 0.6 is 15.9 Å². The largest absolute Gasteiger partial charge is 0.497 e. The van der Waals surface area contributed by atoms with Crippen molar-refractivity contribution in [3.05, 3.63) is 58.9 Å². The van der Waals surface area contributed by atoms with Gasteiger partial charge in [-0.15, -0.1) is 0 Å². The zero-order valence-corrected chi connectivity index (χ0v) is 14.3. The number of ether oxygens (including phenoxy) is 2. The van der Waals surface area contributed by atoms with Crippen LogP contribution in [0.3, 0.4) is 0 Å². The lowest BCUT2D eigenvalue weighted by Crippen LogP contribution is -2.03. The molecular weight excluding hydrogens is 360 g/mol. The molecule has 1 aromatic heterocycles. The molecule has 0 radical (unpaired) electrons. The lowest BCUT2D eigenvalue weighted by atomic mass is 10.2. The predicted molar refractivity (Wildman–Crippen MR) is 89.5 cm³/mol. The minimum Gasteiger partial charge on any atom is -0.497 e. The van der Waals surface area contributed by atoms with Crippen molar-refractivity contribution in [1.29, 1.82) is 0 Å². The highest BCUT2D eigenvalue weighted by molar-refractivity contribution is 9.10. The van der Waals surface area contributed by atoms with Gasteiger partial charge in [0.2, 0.25) is 5.82 Å². The van der Waals surface area contributed by atoms with Crippen molar-refractivity contribution in [3.63, 3.8) is 0 Å². The zero-order valence-electron chi connectivity index (χ0n) is 12.7. The van der Waals surface area contributed by atoms with Crippen molar-refractivity contribution in [2.75, 3.05) is 7.11 Å². The lowest BCUT2D eigenvalue weighted by molar-refractivity contribution is 0.175. The molecule has 23 heavy (non-hydrogen) atoms. The molecule has 0 unspecified atom stereocenters. The first-order chi connectivity index (χ1) is 11.2. The minimum atomic E-state index is -0.350. The van der Waals surface area contributed by atoms with Crippen molar-refractivity contribution in [2.24, 2.45) is 0 Å². The molecule has 0 fully saturated rings. The average Bonchev–Trinajstić information content (AvgIpc) is 3.06. The molecule has 0 spiro atoms. The van der Waals surface area contributed by atoms with E-state index in [0.717, 1.165) is 15.8 Å². The molecule has 3 aromatic rings. The van der Waals surface area contributed by atoms with Crippen molar-refractivity contribution in [2.45, 2.75) is 13.0 Å². The van der Waals surface area contributed by atoms with E-state index < -0.39 is 0 Å². The van der Waals surface area contributed by atoms with Crippen molar-refractivity contribution < 1.29 is 14.0 Å². The third-order valence-corrected chi connectivity index (χ3v) is 3.74. The summed E-state index contributed by atoms with van der Waals surface area (Å²) >= 11 is 3.43. The molecule has 0 aliphatic rings. The second-order valence-electron chi connectivity index (χ2n) is 4.90. The van der Waals surface area contributed by atoms with E-state index in [4.69, 9.17) is 14.0 Å². The van der Waals surface area contributed by atoms with Crippen molar-refractivity contribution >= 4 is 15.9 Å². The van der Waals surface area contributed by atoms with Gasteiger partial charge in [-0.3, -0.25) is 0 Å². The average molecular weight is 375 g/mol. The molecule has 2 aromatic carbocycles. The van der Waals surface area contributed by atoms with Gasteiger partial charge in [0, 0.05) is 10.0 Å². The summed E-state index contributed by atoms with van der Waals surface area (Å²) < 4.78 is 17.2. The van der Waals surface area contributed by atoms with Crippen LogP contribution in [0.1, 0.15) is 18.9 Å². The van der Waals surface area contributed by atoms with Crippen LogP contribution in [0.4, 0.5) is 0 Å². The van der Waals surface area contributed by atoms with E-state index in [2.05, 4.69) is 26.1 Å². The Morgan fingerprint density at radius 2 is 1.83 bits per heavy atom. The van der Waals surface area contributed by atoms with Gasteiger partial charge in [0.25, 0.3) is 5.89 Å². The fourth-order valence-electron chi connectivity index (χ4n) is 2.05. The number of rotatable bonds is 5. The molecule has 118 valence electrons. The molecule has 3 rings (SSSR count). The summed E-state index contributed by atoms with van der Waals surface area (Å²) in [5.41, 5.74) is 0.881. The van der Waals surface area contributed by atoms with Gasteiger partial charge in [-0.1, -0.05) is 33.2 Å². The van der Waals surface area contributed by atoms with Gasteiger partial charge in [0.05, 0.1) is 7.11 Å². The van der Waals surface area contributed by atoms with Gasteiger partial charge >= 0.3 is 0 Å². The normalized spacial score (nSPS) is 12.0. The summed E-state index contributed by atoms with van der Waals surface area (Å²) in [4.78, 5) is 4.40. The molecule has 0 N–H and O–H groups in total. The van der Waals surface area contributed by atoms with Gasteiger partial charge in [0.1, 0.15) is 11.5 Å². The van der Waals surface area contributed by atoms with Gasteiger partial charge in [-0.2, -0.15) is 4.98 Å². The van der Waals surface area contributed by atoms with Gasteiger partial charge in [-0.25, -0.2) is 0 Å². The highest BCUT2D eigenvalue weighted by Gasteiger charge is 2.17. The molecule has 1 heterocycles. The highest BCUT2D eigenvalue weighted by atomic mass is 79.9. The predicted octanol–water partition coefficient (Wildman–Crippen LogP) is 4.65. The number of hydrogen-bond donors (Lipinski definition) is 0. The van der Waals surface area contributed by atoms with Crippen LogP contribution in [0.15, 0.2) is 57.5 Å². The quantitative estimate of drug-likeness (QED) is 0.650. The number of halogens is 1. The van der Waals surface area contributed by atoms with Crippen LogP contribution in [-0.2, 0) is 0 Å². The molecule has 6 heteroatoms. The third-order valence-electron chi connectivity index (χ3n) is 3.24. The Balaban J connectivity index is 1.74. The molecule has 0 aliphatic heterocycles. The minimum absolute atomic E-state index is 0.350. The summed E-state index contributed by atoms with van der Waals surface area (Å²) in [5, 5.41) is 4.01. The number of nitrogens with zero attached hydrogens (tertiary/aromatic N) is 2. The summed E-state index contributed by atoms with van der Waals surface area (Å²) in [6.07, 6.45) is -0.350. The van der Waals surface area contributed by atoms with Gasteiger partial charge < -0.3 is 14.0 Å². The molecule has 5 nitrogen and oxygen atoms in total. The van der Waals surface area contributed by atoms with Crippen LogP contribution in [-0.4, -0.2) is 17.3 Å². The van der Waals surface area contributed by atoms with E-state index in [1.807, 2.05) is 55.5 Å². The second kappa shape index (κ2) is 6.83. The van der Waals surface area contributed by atoms with E-state index in [9.17, 15) is 0 Å².